The molecule has 1 aromatic carbocycles. The minimum Gasteiger partial charge on any atom is -0.349 e. The van der Waals surface area contributed by atoms with Gasteiger partial charge in [0.1, 0.15) is 0 Å². The van der Waals surface area contributed by atoms with Crippen LogP contribution < -0.4 is 5.32 Å². The van der Waals surface area contributed by atoms with Gasteiger partial charge in [0.05, 0.1) is 5.03 Å². The van der Waals surface area contributed by atoms with Gasteiger partial charge in [-0.05, 0) is 70.2 Å². The van der Waals surface area contributed by atoms with Gasteiger partial charge in [0.2, 0.25) is 0 Å². The second-order valence-electron chi connectivity index (χ2n) is 8.55. The van der Waals surface area contributed by atoms with E-state index in [0.29, 0.717) is 25.0 Å². The summed E-state index contributed by atoms with van der Waals surface area (Å²) < 4.78 is 0. The van der Waals surface area contributed by atoms with Crippen LogP contribution in [0.15, 0.2) is 17.2 Å². The highest BCUT2D eigenvalue weighted by Gasteiger charge is 2.41. The molecule has 1 saturated heterocycles. The molecule has 7 heteroatoms. The predicted molar refractivity (Wildman–Crippen MR) is 123 cm³/mol. The van der Waals surface area contributed by atoms with E-state index in [9.17, 15) is 9.59 Å². The molecule has 30 heavy (non-hydrogen) atoms. The first kappa shape index (κ1) is 21.2. The normalized spacial score (nSPS) is 23.3. The minimum atomic E-state index is 0.0160. The van der Waals surface area contributed by atoms with Crippen molar-refractivity contribution >= 4 is 34.5 Å². The van der Waals surface area contributed by atoms with Gasteiger partial charge >= 0.3 is 6.03 Å². The van der Waals surface area contributed by atoms with Crippen molar-refractivity contribution in [2.24, 2.45) is 0 Å². The van der Waals surface area contributed by atoms with Gasteiger partial charge in [-0.25, -0.2) is 4.79 Å². The Morgan fingerprint density at radius 2 is 2.03 bits per heavy atom. The van der Waals surface area contributed by atoms with Gasteiger partial charge in [-0.1, -0.05) is 0 Å². The number of urea groups is 1. The highest BCUT2D eigenvalue weighted by Crippen LogP contribution is 2.46. The lowest BCUT2D eigenvalue weighted by Crippen LogP contribution is -2.56. The van der Waals surface area contributed by atoms with Gasteiger partial charge in [0.15, 0.2) is 5.78 Å². The SMILES string of the molecule is CCN(CC)C(=O)N[C@H]1C[C@@H]2c3cc(C(C)=O)cc4[nH]c(SC)c(c34)C[C@H]2N(C)C1. The van der Waals surface area contributed by atoms with Crippen LogP contribution in [-0.2, 0) is 6.42 Å². The molecule has 162 valence electrons. The summed E-state index contributed by atoms with van der Waals surface area (Å²) in [7, 11) is 2.16. The van der Waals surface area contributed by atoms with Crippen LogP contribution in [0.5, 0.6) is 0 Å². The Balaban J connectivity index is 1.72. The molecule has 0 unspecified atom stereocenters. The zero-order valence-corrected chi connectivity index (χ0v) is 19.4. The van der Waals surface area contributed by atoms with Crippen molar-refractivity contribution in [2.45, 2.75) is 56.6 Å². The third kappa shape index (κ3) is 3.52. The molecule has 0 radical (unpaired) electrons. The van der Waals surface area contributed by atoms with Crippen LogP contribution in [0.2, 0.25) is 0 Å². The number of benzene rings is 1. The second kappa shape index (κ2) is 8.27. The smallest absolute Gasteiger partial charge is 0.317 e. The molecule has 1 aliphatic heterocycles. The number of aromatic nitrogens is 1. The van der Waals surface area contributed by atoms with Gasteiger partial charge in [-0.15, -0.1) is 11.8 Å². The van der Waals surface area contributed by atoms with Gasteiger partial charge in [-0.3, -0.25) is 4.79 Å². The lowest BCUT2D eigenvalue weighted by Gasteiger charge is -2.46. The highest BCUT2D eigenvalue weighted by atomic mass is 32.2. The molecule has 2 aliphatic rings. The molecule has 1 aromatic heterocycles. The van der Waals surface area contributed by atoms with Crippen LogP contribution in [-0.4, -0.2) is 71.6 Å². The quantitative estimate of drug-likeness (QED) is 0.561. The topological polar surface area (TPSA) is 68.4 Å². The van der Waals surface area contributed by atoms with E-state index in [1.807, 2.05) is 24.8 Å². The number of H-pyrrole nitrogens is 1. The number of likely N-dealkylation sites (tertiary alicyclic amines) is 1. The van der Waals surface area contributed by atoms with Crippen LogP contribution in [0.25, 0.3) is 10.9 Å². The lowest BCUT2D eigenvalue weighted by atomic mass is 9.73. The lowest BCUT2D eigenvalue weighted by molar-refractivity contribution is 0.101. The van der Waals surface area contributed by atoms with E-state index in [1.165, 1.54) is 21.5 Å². The molecule has 4 rings (SSSR count). The maximum absolute atomic E-state index is 12.7. The fourth-order valence-corrected chi connectivity index (χ4v) is 5.97. The van der Waals surface area contributed by atoms with E-state index in [-0.39, 0.29) is 17.9 Å². The van der Waals surface area contributed by atoms with E-state index < -0.39 is 0 Å². The average molecular weight is 429 g/mol. The fourth-order valence-electron chi connectivity index (χ4n) is 5.33. The number of carbonyl (C=O) groups is 2. The number of hydrogen-bond donors (Lipinski definition) is 2. The summed E-state index contributed by atoms with van der Waals surface area (Å²) in [5.41, 5.74) is 4.46. The Morgan fingerprint density at radius 3 is 2.67 bits per heavy atom. The number of nitrogens with zero attached hydrogens (tertiary/aromatic N) is 2. The molecule has 2 amide bonds. The van der Waals surface area contributed by atoms with Crippen molar-refractivity contribution in [1.82, 2.24) is 20.1 Å². The number of piperidine rings is 1. The summed E-state index contributed by atoms with van der Waals surface area (Å²) in [5.74, 6) is 0.387. The molecular weight excluding hydrogens is 396 g/mol. The number of amides is 2. The molecule has 0 bridgehead atoms. The number of ketones is 1. The van der Waals surface area contributed by atoms with Gasteiger partial charge in [-0.2, -0.15) is 0 Å². The first-order valence-corrected chi connectivity index (χ1v) is 12.1. The molecule has 1 fully saturated rings. The Hall–Kier alpha value is -1.99. The summed E-state index contributed by atoms with van der Waals surface area (Å²) in [5, 5.41) is 5.75. The number of thioether (sulfide) groups is 1. The largest absolute Gasteiger partial charge is 0.349 e. The van der Waals surface area contributed by atoms with E-state index in [0.717, 1.165) is 30.5 Å². The van der Waals surface area contributed by atoms with Gasteiger partial charge in [0, 0.05) is 54.1 Å². The van der Waals surface area contributed by atoms with Crippen molar-refractivity contribution < 1.29 is 9.59 Å². The standard InChI is InChI=1S/C23H32N4O2S/c1-6-27(7-2)23(29)24-15-10-16-17-8-14(13(3)28)9-19-21(17)18(22(25-19)30-5)11-20(16)26(4)12-15/h8-9,15-16,20,25H,6-7,10-12H2,1-5H3,(H,24,29)/t15-,16+,20+/m0/s1. The third-order valence-electron chi connectivity index (χ3n) is 6.87. The van der Waals surface area contributed by atoms with Crippen molar-refractivity contribution in [3.63, 3.8) is 0 Å². The molecule has 1 aliphatic carbocycles. The summed E-state index contributed by atoms with van der Waals surface area (Å²) in [6, 6.07) is 4.59. The summed E-state index contributed by atoms with van der Waals surface area (Å²) in [6.07, 6.45) is 4.00. The molecule has 2 heterocycles. The van der Waals surface area contributed by atoms with Crippen LogP contribution in [0.4, 0.5) is 4.79 Å². The zero-order chi connectivity index (χ0) is 21.6. The predicted octanol–water partition coefficient (Wildman–Crippen LogP) is 3.86. The Bertz CT molecular complexity index is 981. The van der Waals surface area contributed by atoms with Crippen molar-refractivity contribution in [3.05, 3.63) is 28.8 Å². The van der Waals surface area contributed by atoms with E-state index in [4.69, 9.17) is 0 Å². The second-order valence-corrected chi connectivity index (χ2v) is 9.37. The molecule has 2 aromatic rings. The first-order chi connectivity index (χ1) is 14.4. The maximum Gasteiger partial charge on any atom is 0.317 e. The fraction of sp³-hybridized carbons (Fsp3) is 0.565. The number of hydrogen-bond acceptors (Lipinski definition) is 4. The monoisotopic (exact) mass is 428 g/mol. The van der Waals surface area contributed by atoms with Crippen LogP contribution >= 0.6 is 11.8 Å². The van der Waals surface area contributed by atoms with Crippen LogP contribution in [0.1, 0.15) is 54.6 Å². The van der Waals surface area contributed by atoms with E-state index in [2.05, 4.69) is 34.6 Å². The summed E-state index contributed by atoms with van der Waals surface area (Å²) >= 11 is 1.74. The number of Topliss-reactive ketones (excluding diaryl/α,β-unsaturated/α-hetero) is 1. The molecular formula is C23H32N4O2S. The van der Waals surface area contributed by atoms with Crippen molar-refractivity contribution in [1.29, 1.82) is 0 Å². The highest BCUT2D eigenvalue weighted by molar-refractivity contribution is 7.98. The Kier molecular flexibility index (Phi) is 5.86. The number of carbonyl (C=O) groups excluding carboxylic acids is 2. The molecule has 0 spiro atoms. The van der Waals surface area contributed by atoms with Gasteiger partial charge in [0.25, 0.3) is 0 Å². The number of fused-ring (bicyclic) bond motifs is 2. The molecule has 6 nitrogen and oxygen atoms in total. The summed E-state index contributed by atoms with van der Waals surface area (Å²) in [6.45, 7) is 7.92. The Morgan fingerprint density at radius 1 is 1.30 bits per heavy atom. The number of likely N-dealkylation sites (N-methyl/N-ethyl adjacent to an activating group) is 1. The molecule has 3 atom stereocenters. The molecule has 0 saturated carbocycles. The minimum absolute atomic E-state index is 0.0160. The van der Waals surface area contributed by atoms with Crippen molar-refractivity contribution in [2.75, 3.05) is 32.9 Å². The van der Waals surface area contributed by atoms with Crippen LogP contribution in [0.3, 0.4) is 0 Å². The van der Waals surface area contributed by atoms with Crippen LogP contribution in [0, 0.1) is 0 Å². The zero-order valence-electron chi connectivity index (χ0n) is 18.5. The third-order valence-corrected chi connectivity index (χ3v) is 7.63. The number of aromatic amines is 1. The summed E-state index contributed by atoms with van der Waals surface area (Å²) in [4.78, 5) is 32.7. The number of nitrogens with one attached hydrogen (secondary N) is 2. The maximum atomic E-state index is 12.7. The number of rotatable bonds is 5. The Labute approximate surface area is 182 Å². The van der Waals surface area contributed by atoms with Crippen molar-refractivity contribution in [3.8, 4) is 0 Å². The van der Waals surface area contributed by atoms with Gasteiger partial charge < -0.3 is 20.1 Å². The first-order valence-electron chi connectivity index (χ1n) is 10.9. The van der Waals surface area contributed by atoms with E-state index >= 15 is 0 Å². The molecule has 2 N–H and O–H groups in total. The average Bonchev–Trinajstić information content (AvgIpc) is 3.08. The van der Waals surface area contributed by atoms with E-state index in [1.54, 1.807) is 18.7 Å².